The predicted molar refractivity (Wildman–Crippen MR) is 96.6 cm³/mol. The van der Waals surface area contributed by atoms with Gasteiger partial charge < -0.3 is 0 Å². The average Bonchev–Trinajstić information content (AvgIpc) is 3.30. The molecule has 0 radical (unpaired) electrons. The highest BCUT2D eigenvalue weighted by molar-refractivity contribution is 7.13. The Balaban J connectivity index is 1.29. The van der Waals surface area contributed by atoms with E-state index in [0.29, 0.717) is 0 Å². The number of fused-ring (bicyclic) bond motifs is 2. The van der Waals surface area contributed by atoms with Crippen LogP contribution in [0.1, 0.15) is 25.0 Å². The van der Waals surface area contributed by atoms with Crippen LogP contribution in [0.25, 0.3) is 10.6 Å². The molecule has 1 saturated heterocycles. The van der Waals surface area contributed by atoms with E-state index in [1.54, 1.807) is 11.3 Å². The Kier molecular flexibility index (Phi) is 4.47. The molecule has 3 nitrogen and oxygen atoms in total. The fraction of sp³-hybridized carbons (Fsp3) is 0.526. The molecule has 0 spiro atoms. The van der Waals surface area contributed by atoms with Gasteiger partial charge in [0.25, 0.3) is 0 Å². The normalized spacial score (nSPS) is 23.9. The Labute approximate surface area is 143 Å². The number of benzene rings is 1. The van der Waals surface area contributed by atoms with Crippen molar-refractivity contribution in [3.05, 3.63) is 41.4 Å². The minimum Gasteiger partial charge on any atom is -0.299 e. The second-order valence-electron chi connectivity index (χ2n) is 7.08. The van der Waals surface area contributed by atoms with E-state index in [1.165, 1.54) is 43.6 Å². The van der Waals surface area contributed by atoms with Crippen LogP contribution in [0.5, 0.6) is 0 Å². The Hall–Kier alpha value is -1.23. The maximum atomic E-state index is 4.80. The summed E-state index contributed by atoms with van der Waals surface area (Å²) in [7, 11) is 2.22. The topological polar surface area (TPSA) is 19.4 Å². The highest BCUT2D eigenvalue weighted by atomic mass is 32.1. The lowest BCUT2D eigenvalue weighted by Gasteiger charge is -2.28. The summed E-state index contributed by atoms with van der Waals surface area (Å²) in [6.07, 6.45) is 4.36. The van der Waals surface area contributed by atoms with Gasteiger partial charge in [0, 0.05) is 43.2 Å². The molecule has 122 valence electrons. The number of nitrogens with zero attached hydrogens (tertiary/aromatic N) is 3. The highest BCUT2D eigenvalue weighted by Gasteiger charge is 2.37. The lowest BCUT2D eigenvalue weighted by molar-refractivity contribution is 0.181. The molecular formula is C19H25N3S. The van der Waals surface area contributed by atoms with Crippen LogP contribution >= 0.6 is 11.3 Å². The van der Waals surface area contributed by atoms with Crippen LogP contribution in [0.15, 0.2) is 35.7 Å². The molecule has 4 rings (SSSR count). The number of piperidine rings is 1. The van der Waals surface area contributed by atoms with Crippen molar-refractivity contribution in [2.24, 2.45) is 5.92 Å². The summed E-state index contributed by atoms with van der Waals surface area (Å²) in [5, 5.41) is 3.34. The van der Waals surface area contributed by atoms with Gasteiger partial charge in [-0.3, -0.25) is 9.80 Å². The van der Waals surface area contributed by atoms with E-state index in [4.69, 9.17) is 4.98 Å². The molecule has 23 heavy (non-hydrogen) atoms. The molecule has 2 atom stereocenters. The van der Waals surface area contributed by atoms with Gasteiger partial charge in [0.15, 0.2) is 0 Å². The van der Waals surface area contributed by atoms with E-state index in [2.05, 4.69) is 52.6 Å². The van der Waals surface area contributed by atoms with Crippen LogP contribution < -0.4 is 0 Å². The van der Waals surface area contributed by atoms with Gasteiger partial charge >= 0.3 is 0 Å². The molecule has 1 saturated carbocycles. The van der Waals surface area contributed by atoms with E-state index >= 15 is 0 Å². The molecule has 4 heteroatoms. The second kappa shape index (κ2) is 6.71. The van der Waals surface area contributed by atoms with Crippen molar-refractivity contribution < 1.29 is 0 Å². The van der Waals surface area contributed by atoms with Gasteiger partial charge in [-0.05, 0) is 32.2 Å². The first kappa shape index (κ1) is 15.3. The molecule has 0 unspecified atom stereocenters. The summed E-state index contributed by atoms with van der Waals surface area (Å²) < 4.78 is 0. The van der Waals surface area contributed by atoms with E-state index in [9.17, 15) is 0 Å². The monoisotopic (exact) mass is 327 g/mol. The zero-order valence-electron chi connectivity index (χ0n) is 13.8. The van der Waals surface area contributed by atoms with Gasteiger partial charge in [-0.15, -0.1) is 11.3 Å². The lowest BCUT2D eigenvalue weighted by atomic mass is 10.1. The van der Waals surface area contributed by atoms with E-state index < -0.39 is 0 Å². The lowest BCUT2D eigenvalue weighted by Crippen LogP contribution is -2.38. The molecule has 1 aromatic heterocycles. The zero-order valence-corrected chi connectivity index (χ0v) is 14.6. The number of thiazole rings is 1. The van der Waals surface area contributed by atoms with Gasteiger partial charge in [-0.2, -0.15) is 0 Å². The van der Waals surface area contributed by atoms with Gasteiger partial charge in [0.1, 0.15) is 5.01 Å². The van der Waals surface area contributed by atoms with Crippen molar-refractivity contribution in [2.75, 3.05) is 26.7 Å². The Morgan fingerprint density at radius 1 is 1.26 bits per heavy atom. The third-order valence-electron chi connectivity index (χ3n) is 5.30. The first-order valence-corrected chi connectivity index (χ1v) is 9.58. The van der Waals surface area contributed by atoms with Crippen LogP contribution in [-0.2, 0) is 6.54 Å². The van der Waals surface area contributed by atoms with Crippen LogP contribution in [0.3, 0.4) is 0 Å². The molecule has 2 aliphatic rings. The van der Waals surface area contributed by atoms with E-state index in [0.717, 1.165) is 30.1 Å². The summed E-state index contributed by atoms with van der Waals surface area (Å²) >= 11 is 1.75. The molecule has 2 aromatic rings. The summed E-state index contributed by atoms with van der Waals surface area (Å²) in [4.78, 5) is 9.92. The molecular weight excluding hydrogens is 302 g/mol. The first-order valence-electron chi connectivity index (χ1n) is 8.70. The molecule has 0 amide bonds. The number of aromatic nitrogens is 1. The fourth-order valence-corrected chi connectivity index (χ4v) is 4.87. The number of rotatable bonds is 6. The van der Waals surface area contributed by atoms with Crippen molar-refractivity contribution in [2.45, 2.75) is 31.8 Å². The van der Waals surface area contributed by atoms with Crippen molar-refractivity contribution >= 4 is 11.3 Å². The Morgan fingerprint density at radius 2 is 2.13 bits per heavy atom. The minimum absolute atomic E-state index is 0.886. The molecule has 2 heterocycles. The quantitative estimate of drug-likeness (QED) is 0.806. The van der Waals surface area contributed by atoms with Gasteiger partial charge in [0.2, 0.25) is 0 Å². The SMILES string of the molecule is CN(CCN1C[C@H]2CC[C@@H]1C2)Cc1csc(-c2ccccc2)n1. The third-order valence-corrected chi connectivity index (χ3v) is 6.24. The van der Waals surface area contributed by atoms with Crippen molar-refractivity contribution in [3.8, 4) is 10.6 Å². The predicted octanol–water partition coefficient (Wildman–Crippen LogP) is 3.73. The smallest absolute Gasteiger partial charge is 0.123 e. The standard InChI is InChI=1S/C19H25N3S/c1-21(9-10-22-12-15-7-8-18(22)11-15)13-17-14-23-19(20-17)16-5-3-2-4-6-16/h2-6,14-15,18H,7-13H2,1H3/t15-,18+/m0/s1. The Morgan fingerprint density at radius 3 is 2.87 bits per heavy atom. The van der Waals surface area contributed by atoms with Crippen molar-refractivity contribution in [3.63, 3.8) is 0 Å². The molecule has 1 aromatic carbocycles. The summed E-state index contributed by atoms with van der Waals surface area (Å²) in [6.45, 7) is 4.65. The first-order chi connectivity index (χ1) is 11.3. The van der Waals surface area contributed by atoms with Gasteiger partial charge in [-0.1, -0.05) is 30.3 Å². The van der Waals surface area contributed by atoms with Crippen LogP contribution in [0, 0.1) is 5.92 Å². The minimum atomic E-state index is 0.886. The summed E-state index contributed by atoms with van der Waals surface area (Å²) in [5.74, 6) is 0.997. The largest absolute Gasteiger partial charge is 0.299 e. The van der Waals surface area contributed by atoms with E-state index in [-0.39, 0.29) is 0 Å². The maximum absolute atomic E-state index is 4.80. The maximum Gasteiger partial charge on any atom is 0.123 e. The molecule has 1 aliphatic carbocycles. The number of hydrogen-bond donors (Lipinski definition) is 0. The zero-order chi connectivity index (χ0) is 15.6. The number of hydrogen-bond acceptors (Lipinski definition) is 4. The van der Waals surface area contributed by atoms with Crippen LogP contribution in [0.2, 0.25) is 0 Å². The van der Waals surface area contributed by atoms with Crippen molar-refractivity contribution in [1.29, 1.82) is 0 Å². The second-order valence-corrected chi connectivity index (χ2v) is 7.93. The summed E-state index contributed by atoms with van der Waals surface area (Å²) in [5.41, 5.74) is 2.42. The number of likely N-dealkylation sites (N-methyl/N-ethyl adjacent to an activating group) is 1. The van der Waals surface area contributed by atoms with Crippen LogP contribution in [0.4, 0.5) is 0 Å². The highest BCUT2D eigenvalue weighted by Crippen LogP contribution is 2.36. The van der Waals surface area contributed by atoms with Gasteiger partial charge in [-0.25, -0.2) is 4.98 Å². The summed E-state index contributed by atoms with van der Waals surface area (Å²) in [6, 6.07) is 11.4. The molecule has 2 fully saturated rings. The fourth-order valence-electron chi connectivity index (χ4n) is 4.05. The average molecular weight is 327 g/mol. The molecule has 0 N–H and O–H groups in total. The molecule has 1 aliphatic heterocycles. The van der Waals surface area contributed by atoms with Crippen molar-refractivity contribution in [1.82, 2.24) is 14.8 Å². The van der Waals surface area contributed by atoms with Crippen LogP contribution in [-0.4, -0.2) is 47.5 Å². The van der Waals surface area contributed by atoms with E-state index in [1.807, 2.05) is 0 Å². The van der Waals surface area contributed by atoms with Gasteiger partial charge in [0.05, 0.1) is 5.69 Å². The third kappa shape index (κ3) is 3.49. The number of likely N-dealkylation sites (tertiary alicyclic amines) is 1. The molecule has 2 bridgehead atoms. The Bertz CT molecular complexity index is 639.